The number of imidazole rings is 2. The molecule has 0 fully saturated rings. The van der Waals surface area contributed by atoms with Gasteiger partial charge in [-0.25, -0.2) is 19.9 Å². The SMILES string of the molecule is CCO[PH](=O)[O-].CCO[PH](=O)[O-].CCO[PH](=O)[O-].[Al+3].c1ccc2[nH]c(-c3cscn3)nc2c1.c1ccc2[nH]c(-c3cscn3)nc2c1. The van der Waals surface area contributed by atoms with Crippen molar-refractivity contribution in [2.24, 2.45) is 0 Å². The fourth-order valence-electron chi connectivity index (χ4n) is 3.16. The van der Waals surface area contributed by atoms with Crippen molar-refractivity contribution in [2.75, 3.05) is 19.8 Å². The standard InChI is InChI=1S/2C10H7N3S.3C2H7O3P.Al/c2*1-2-4-8-7(3-1)12-10(13-8)9-5-14-6-11-9;3*1-2-5-6(3)4;/h2*1-6H,(H,12,13);3*6H,2H2,1H3,(H,3,4);/q;;;;;+3/p-3. The Morgan fingerprint density at radius 2 is 0.979 bits per heavy atom. The Hall–Kier alpha value is -2.38. The average Bonchev–Trinajstić information content (AvgIpc) is 3.84. The first kappa shape index (κ1) is 42.6. The molecule has 0 spiro atoms. The normalized spacial score (nSPS) is 12.0. The molecule has 0 aliphatic rings. The van der Waals surface area contributed by atoms with Gasteiger partial charge in [0.05, 0.1) is 33.1 Å². The van der Waals surface area contributed by atoms with E-state index in [-0.39, 0.29) is 37.2 Å². The van der Waals surface area contributed by atoms with Gasteiger partial charge in [-0.3, -0.25) is 0 Å². The van der Waals surface area contributed by atoms with Crippen LogP contribution in [0.15, 0.2) is 70.3 Å². The van der Waals surface area contributed by atoms with Crippen molar-refractivity contribution in [1.29, 1.82) is 0 Å². The Labute approximate surface area is 291 Å². The number of aromatic amines is 2. The Bertz CT molecular complexity index is 1550. The summed E-state index contributed by atoms with van der Waals surface area (Å²) in [7, 11) is -8.66. The Morgan fingerprint density at radius 3 is 1.21 bits per heavy atom. The molecule has 0 aliphatic heterocycles. The van der Waals surface area contributed by atoms with Crippen LogP contribution in [0.2, 0.25) is 0 Å². The summed E-state index contributed by atoms with van der Waals surface area (Å²) >= 11 is 3.15. The first-order valence-electron chi connectivity index (χ1n) is 13.4. The molecule has 3 unspecified atom stereocenters. The van der Waals surface area contributed by atoms with E-state index >= 15 is 0 Å². The van der Waals surface area contributed by atoms with Crippen molar-refractivity contribution in [3.05, 3.63) is 70.3 Å². The van der Waals surface area contributed by atoms with E-state index in [1.807, 2.05) is 70.3 Å². The van der Waals surface area contributed by atoms with Crippen LogP contribution in [0.1, 0.15) is 20.8 Å². The molecule has 0 aliphatic carbocycles. The van der Waals surface area contributed by atoms with Gasteiger partial charge in [-0.1, -0.05) is 24.3 Å². The second-order valence-corrected chi connectivity index (χ2v) is 11.8. The molecule has 250 valence electrons. The zero-order valence-electron chi connectivity index (χ0n) is 25.4. The van der Waals surface area contributed by atoms with E-state index in [9.17, 15) is 28.4 Å². The van der Waals surface area contributed by atoms with Crippen molar-refractivity contribution in [1.82, 2.24) is 29.9 Å². The van der Waals surface area contributed by atoms with Gasteiger partial charge in [-0.2, -0.15) is 0 Å². The molecule has 0 saturated heterocycles. The maximum Gasteiger partial charge on any atom is 3.00 e. The molecule has 3 atom stereocenters. The number of para-hydroxylation sites is 4. The molecule has 6 aromatic rings. The fraction of sp³-hybridized carbons (Fsp3) is 0.231. The molecule has 0 bridgehead atoms. The van der Waals surface area contributed by atoms with Crippen molar-refractivity contribution in [3.8, 4) is 23.0 Å². The predicted molar refractivity (Wildman–Crippen MR) is 182 cm³/mol. The van der Waals surface area contributed by atoms with Gasteiger partial charge >= 0.3 is 17.4 Å². The van der Waals surface area contributed by atoms with Crippen molar-refractivity contribution in [3.63, 3.8) is 0 Å². The van der Waals surface area contributed by atoms with Gasteiger partial charge in [0, 0.05) is 30.6 Å². The molecular weight excluding hydrogens is 724 g/mol. The summed E-state index contributed by atoms with van der Waals surface area (Å²) in [6, 6.07) is 15.9. The third-order valence-electron chi connectivity index (χ3n) is 4.92. The molecule has 21 heteroatoms. The Kier molecular flexibility index (Phi) is 22.4. The van der Waals surface area contributed by atoms with E-state index in [0.717, 1.165) is 45.1 Å². The largest absolute Gasteiger partial charge is 3.00 e. The summed E-state index contributed by atoms with van der Waals surface area (Å²) in [6.07, 6.45) is 0. The van der Waals surface area contributed by atoms with Gasteiger partial charge in [0.1, 0.15) is 36.2 Å². The van der Waals surface area contributed by atoms with Gasteiger partial charge < -0.3 is 51.9 Å². The quantitative estimate of drug-likeness (QED) is 0.163. The first-order valence-corrected chi connectivity index (χ1v) is 18.9. The number of rotatable bonds is 8. The van der Waals surface area contributed by atoms with Crippen molar-refractivity contribution >= 4 is 86.9 Å². The van der Waals surface area contributed by atoms with Crippen molar-refractivity contribution in [2.45, 2.75) is 20.8 Å². The predicted octanol–water partition coefficient (Wildman–Crippen LogP) is 4.31. The summed E-state index contributed by atoms with van der Waals surface area (Å²) in [5.74, 6) is 1.68. The van der Waals surface area contributed by atoms with E-state index in [1.54, 1.807) is 43.4 Å². The van der Waals surface area contributed by atoms with Crippen LogP contribution in [0.25, 0.3) is 45.1 Å². The number of fused-ring (bicyclic) bond motifs is 2. The smallest absolute Gasteiger partial charge is 0.781 e. The molecule has 2 aromatic carbocycles. The second-order valence-electron chi connectivity index (χ2n) is 8.00. The van der Waals surface area contributed by atoms with E-state index in [2.05, 4.69) is 43.5 Å². The zero-order valence-corrected chi connectivity index (χ0v) is 31.2. The molecule has 0 saturated carbocycles. The topological polar surface area (TPSA) is 231 Å². The summed E-state index contributed by atoms with van der Waals surface area (Å²) < 4.78 is 40.5. The summed E-state index contributed by atoms with van der Waals surface area (Å²) in [5.41, 5.74) is 9.50. The second kappa shape index (κ2) is 24.7. The fourth-order valence-corrected chi connectivity index (χ4v) is 4.94. The Balaban J connectivity index is 0.000000314. The molecule has 0 radical (unpaired) electrons. The van der Waals surface area contributed by atoms with E-state index in [0.29, 0.717) is 0 Å². The minimum Gasteiger partial charge on any atom is -0.781 e. The number of hydrogen-bond acceptors (Lipinski definition) is 15. The van der Waals surface area contributed by atoms with Gasteiger partial charge in [0.15, 0.2) is 11.6 Å². The van der Waals surface area contributed by atoms with Crippen LogP contribution in [-0.2, 0) is 27.3 Å². The van der Waals surface area contributed by atoms with Gasteiger partial charge in [0.25, 0.3) is 0 Å². The molecule has 6 rings (SSSR count). The molecular formula is C26H32AlN6O9P3S2. The molecule has 4 heterocycles. The number of H-pyrrole nitrogens is 2. The van der Waals surface area contributed by atoms with Crippen molar-refractivity contribution < 1.29 is 41.9 Å². The average molecular weight is 757 g/mol. The van der Waals surface area contributed by atoms with Crippen LogP contribution < -0.4 is 14.7 Å². The van der Waals surface area contributed by atoms with E-state index in [1.165, 1.54) is 0 Å². The van der Waals surface area contributed by atoms with Crippen LogP contribution in [-0.4, -0.2) is 67.1 Å². The third kappa shape index (κ3) is 17.0. The van der Waals surface area contributed by atoms with Crippen LogP contribution in [0.3, 0.4) is 0 Å². The van der Waals surface area contributed by atoms with Gasteiger partial charge in [-0.05, 0) is 45.0 Å². The number of aromatic nitrogens is 6. The number of thiazole rings is 2. The molecule has 47 heavy (non-hydrogen) atoms. The third-order valence-corrected chi connectivity index (χ3v) is 7.66. The molecule has 15 nitrogen and oxygen atoms in total. The summed E-state index contributed by atoms with van der Waals surface area (Å²) in [6.45, 7) is 5.63. The summed E-state index contributed by atoms with van der Waals surface area (Å²) in [4.78, 5) is 52.1. The maximum absolute atomic E-state index is 9.45. The first-order chi connectivity index (χ1) is 22.2. The number of nitrogens with one attached hydrogen (secondary N) is 2. The van der Waals surface area contributed by atoms with Gasteiger partial charge in [0.2, 0.25) is 0 Å². The van der Waals surface area contributed by atoms with Crippen LogP contribution in [0.5, 0.6) is 0 Å². The number of hydrogen-bond donors (Lipinski definition) is 2. The van der Waals surface area contributed by atoms with Crippen LogP contribution in [0, 0.1) is 0 Å². The zero-order chi connectivity index (χ0) is 33.7. The summed E-state index contributed by atoms with van der Waals surface area (Å²) in [5, 5.41) is 3.97. The molecule has 2 N–H and O–H groups in total. The molecule has 0 amide bonds. The monoisotopic (exact) mass is 756 g/mol. The number of benzene rings is 2. The van der Waals surface area contributed by atoms with Crippen LogP contribution >= 0.6 is 47.4 Å². The maximum atomic E-state index is 9.45. The molecule has 4 aromatic heterocycles. The van der Waals surface area contributed by atoms with E-state index < -0.39 is 24.8 Å². The van der Waals surface area contributed by atoms with Crippen LogP contribution in [0.4, 0.5) is 0 Å². The van der Waals surface area contributed by atoms with Gasteiger partial charge in [-0.15, -0.1) is 22.7 Å². The van der Waals surface area contributed by atoms with E-state index in [4.69, 9.17) is 0 Å². The Morgan fingerprint density at radius 1 is 0.638 bits per heavy atom. The number of nitrogens with zero attached hydrogens (tertiary/aromatic N) is 4. The minimum absolute atomic E-state index is 0. The minimum atomic E-state index is -2.89.